The van der Waals surface area contributed by atoms with Gasteiger partial charge in [0.25, 0.3) is 0 Å². The van der Waals surface area contributed by atoms with Crippen LogP contribution in [0.4, 0.5) is 0 Å². The van der Waals surface area contributed by atoms with Gasteiger partial charge in [-0.1, -0.05) is 30.3 Å². The topological polar surface area (TPSA) is 221 Å². The summed E-state index contributed by atoms with van der Waals surface area (Å²) < 4.78 is 10.6. The van der Waals surface area contributed by atoms with E-state index in [0.29, 0.717) is 5.56 Å². The van der Waals surface area contributed by atoms with Crippen molar-refractivity contribution in [2.45, 2.75) is 69.1 Å². The van der Waals surface area contributed by atoms with Crippen molar-refractivity contribution in [2.24, 2.45) is 5.73 Å². The van der Waals surface area contributed by atoms with Gasteiger partial charge in [-0.3, -0.25) is 19.2 Å². The van der Waals surface area contributed by atoms with Crippen LogP contribution in [-0.4, -0.2) is 118 Å². The fraction of sp³-hybridized carbons (Fsp3) is 0.583. The van der Waals surface area contributed by atoms with Crippen LogP contribution in [-0.2, 0) is 35.1 Å². The quantitative estimate of drug-likeness (QED) is 0.141. The fourth-order valence-electron chi connectivity index (χ4n) is 3.99. The van der Waals surface area contributed by atoms with E-state index in [1.165, 1.54) is 21.0 Å². The number of aliphatic carboxylic acids is 1. The summed E-state index contributed by atoms with van der Waals surface area (Å²) in [7, 11) is 1.21. The molecule has 38 heavy (non-hydrogen) atoms. The zero-order chi connectivity index (χ0) is 28.6. The first-order valence-corrected chi connectivity index (χ1v) is 12.0. The summed E-state index contributed by atoms with van der Waals surface area (Å²) >= 11 is 0. The minimum atomic E-state index is -1.70. The number of aliphatic hydroxyl groups is 3. The van der Waals surface area contributed by atoms with Crippen molar-refractivity contribution in [2.75, 3.05) is 20.2 Å². The number of methoxy groups -OCH3 is 1. The van der Waals surface area contributed by atoms with Gasteiger partial charge in [-0.2, -0.15) is 0 Å². The third-order valence-electron chi connectivity index (χ3n) is 6.17. The van der Waals surface area contributed by atoms with Crippen LogP contribution in [0.1, 0.15) is 19.4 Å². The molecule has 1 fully saturated rings. The molecule has 0 saturated carbocycles. The van der Waals surface area contributed by atoms with Gasteiger partial charge in [0.05, 0.1) is 13.1 Å². The lowest BCUT2D eigenvalue weighted by molar-refractivity contribution is -0.291. The summed E-state index contributed by atoms with van der Waals surface area (Å²) in [6.45, 7) is 1.74. The number of benzene rings is 1. The standard InChI is InChI=1S/C24H36N4O10/c1-12(26-17(29)10-25)22(34)28(11-16-18(30)19(31)20(32)24(37-3)38-16)15(9-14-7-5-4-6-8-14)21(33)27-13(2)23(35)36/h4-8,12-13,15-16,18-20,24,30-32H,9-11,25H2,1-3H3,(H,26,29)(H,27,33)(H,35,36)/t12-,13-,15+,16+,18+,19-,20+,24-/m0/s1. The number of carbonyl (C=O) groups excluding carboxylic acids is 3. The summed E-state index contributed by atoms with van der Waals surface area (Å²) in [5.74, 6) is -3.52. The second-order valence-corrected chi connectivity index (χ2v) is 9.01. The maximum absolute atomic E-state index is 13.6. The molecular weight excluding hydrogens is 504 g/mol. The van der Waals surface area contributed by atoms with Crippen LogP contribution >= 0.6 is 0 Å². The normalized spacial score (nSPS) is 25.5. The van der Waals surface area contributed by atoms with Gasteiger partial charge >= 0.3 is 5.97 Å². The monoisotopic (exact) mass is 540 g/mol. The minimum Gasteiger partial charge on any atom is -0.480 e. The predicted molar refractivity (Wildman–Crippen MR) is 131 cm³/mol. The zero-order valence-electron chi connectivity index (χ0n) is 21.4. The average molecular weight is 541 g/mol. The van der Waals surface area contributed by atoms with Crippen molar-refractivity contribution in [1.29, 1.82) is 0 Å². The molecule has 8 N–H and O–H groups in total. The number of carbonyl (C=O) groups is 4. The number of aliphatic hydroxyl groups excluding tert-OH is 3. The van der Waals surface area contributed by atoms with Crippen molar-refractivity contribution in [3.8, 4) is 0 Å². The Hall–Kier alpha value is -3.14. The average Bonchev–Trinajstić information content (AvgIpc) is 2.90. The third-order valence-corrected chi connectivity index (χ3v) is 6.17. The van der Waals surface area contributed by atoms with Gasteiger partial charge in [0, 0.05) is 13.5 Å². The Balaban J connectivity index is 2.50. The summed E-state index contributed by atoms with van der Waals surface area (Å²) in [4.78, 5) is 51.3. The van der Waals surface area contributed by atoms with E-state index in [1.54, 1.807) is 30.3 Å². The molecule has 0 unspecified atom stereocenters. The van der Waals surface area contributed by atoms with E-state index in [0.717, 1.165) is 4.90 Å². The Kier molecular flexibility index (Phi) is 11.6. The number of nitrogens with one attached hydrogen (secondary N) is 2. The number of carboxylic acid groups (broad SMARTS) is 1. The van der Waals surface area contributed by atoms with Gasteiger partial charge in [-0.25, -0.2) is 0 Å². The molecule has 0 spiro atoms. The second kappa shape index (κ2) is 14.1. The van der Waals surface area contributed by atoms with E-state index in [-0.39, 0.29) is 6.42 Å². The minimum absolute atomic E-state index is 0.0655. The summed E-state index contributed by atoms with van der Waals surface area (Å²) in [6.07, 6.45) is -7.71. The molecular formula is C24H36N4O10. The van der Waals surface area contributed by atoms with Crippen molar-refractivity contribution < 1.29 is 49.1 Å². The Bertz CT molecular complexity index is 963. The number of nitrogens with two attached hydrogens (primary N) is 1. The highest BCUT2D eigenvalue weighted by Gasteiger charge is 2.46. The molecule has 1 aliphatic rings. The van der Waals surface area contributed by atoms with Crippen LogP contribution in [0, 0.1) is 0 Å². The van der Waals surface area contributed by atoms with E-state index in [2.05, 4.69) is 10.6 Å². The maximum Gasteiger partial charge on any atom is 0.325 e. The number of ether oxygens (including phenoxy) is 2. The predicted octanol–water partition coefficient (Wildman–Crippen LogP) is -3.07. The van der Waals surface area contributed by atoms with Gasteiger partial charge in [0.2, 0.25) is 17.7 Å². The number of amides is 3. The van der Waals surface area contributed by atoms with Gasteiger partial charge in [0.1, 0.15) is 42.5 Å². The van der Waals surface area contributed by atoms with E-state index < -0.39 is 85.6 Å². The lowest BCUT2D eigenvalue weighted by atomic mass is 9.96. The van der Waals surface area contributed by atoms with E-state index in [9.17, 15) is 39.6 Å². The van der Waals surface area contributed by atoms with Gasteiger partial charge in [-0.05, 0) is 19.4 Å². The third kappa shape index (κ3) is 7.93. The van der Waals surface area contributed by atoms with Gasteiger partial charge < -0.3 is 51.2 Å². The lowest BCUT2D eigenvalue weighted by Crippen LogP contribution is -2.64. The largest absolute Gasteiger partial charge is 0.480 e. The first-order valence-electron chi connectivity index (χ1n) is 12.0. The Morgan fingerprint density at radius 2 is 1.66 bits per heavy atom. The molecule has 1 heterocycles. The van der Waals surface area contributed by atoms with Crippen LogP contribution in [0.2, 0.25) is 0 Å². The van der Waals surface area contributed by atoms with E-state index in [1.807, 2.05) is 0 Å². The smallest absolute Gasteiger partial charge is 0.325 e. The van der Waals surface area contributed by atoms with Gasteiger partial charge in [-0.15, -0.1) is 0 Å². The van der Waals surface area contributed by atoms with Crippen molar-refractivity contribution in [3.63, 3.8) is 0 Å². The molecule has 8 atom stereocenters. The van der Waals surface area contributed by atoms with Crippen LogP contribution in [0.5, 0.6) is 0 Å². The Labute approximate surface area is 219 Å². The number of nitrogens with zero attached hydrogens (tertiary/aromatic N) is 1. The van der Waals surface area contributed by atoms with E-state index in [4.69, 9.17) is 15.2 Å². The van der Waals surface area contributed by atoms with E-state index >= 15 is 0 Å². The first-order chi connectivity index (χ1) is 17.9. The Morgan fingerprint density at radius 3 is 2.21 bits per heavy atom. The molecule has 2 rings (SSSR count). The maximum atomic E-state index is 13.6. The lowest BCUT2D eigenvalue weighted by Gasteiger charge is -2.43. The number of hydrogen-bond donors (Lipinski definition) is 7. The molecule has 1 aliphatic heterocycles. The first kappa shape index (κ1) is 31.1. The highest BCUT2D eigenvalue weighted by Crippen LogP contribution is 2.24. The molecule has 212 valence electrons. The molecule has 0 bridgehead atoms. The number of rotatable bonds is 12. The van der Waals surface area contributed by atoms with Crippen LogP contribution in [0.3, 0.4) is 0 Å². The molecule has 14 nitrogen and oxygen atoms in total. The van der Waals surface area contributed by atoms with Crippen LogP contribution < -0.4 is 16.4 Å². The molecule has 1 saturated heterocycles. The highest BCUT2D eigenvalue weighted by atomic mass is 16.7. The Morgan fingerprint density at radius 1 is 1.03 bits per heavy atom. The van der Waals surface area contributed by atoms with Crippen LogP contribution in [0.15, 0.2) is 30.3 Å². The van der Waals surface area contributed by atoms with Gasteiger partial charge in [0.15, 0.2) is 6.29 Å². The molecule has 0 radical (unpaired) electrons. The SMILES string of the molecule is CO[C@H]1O[C@H](CN(C(=O)[C@H](C)NC(=O)CN)[C@H](Cc2ccccc2)C(=O)N[C@@H](C)C(=O)O)[C@@H](O)[C@H](O)[C@H]1O. The fourth-order valence-corrected chi connectivity index (χ4v) is 3.99. The number of hydrogen-bond acceptors (Lipinski definition) is 10. The zero-order valence-corrected chi connectivity index (χ0v) is 21.4. The number of carboxylic acids is 1. The molecule has 14 heteroatoms. The molecule has 0 aliphatic carbocycles. The molecule has 1 aromatic rings. The second-order valence-electron chi connectivity index (χ2n) is 9.01. The van der Waals surface area contributed by atoms with Crippen LogP contribution in [0.25, 0.3) is 0 Å². The summed E-state index contributed by atoms with van der Waals surface area (Å²) in [5.41, 5.74) is 5.97. The van der Waals surface area contributed by atoms with Crippen molar-refractivity contribution in [1.82, 2.24) is 15.5 Å². The van der Waals surface area contributed by atoms with Crippen molar-refractivity contribution in [3.05, 3.63) is 35.9 Å². The molecule has 0 aromatic heterocycles. The summed E-state index contributed by atoms with van der Waals surface area (Å²) in [6, 6.07) is 4.80. The molecule has 3 amide bonds. The highest BCUT2D eigenvalue weighted by molar-refractivity contribution is 5.93. The van der Waals surface area contributed by atoms with Crippen molar-refractivity contribution >= 4 is 23.7 Å². The summed E-state index contributed by atoms with van der Waals surface area (Å²) in [5, 5.41) is 45.1. The molecule has 1 aromatic carbocycles.